The van der Waals surface area contributed by atoms with E-state index in [1.54, 1.807) is 0 Å². The molecule has 0 aliphatic carbocycles. The number of hydrogen-bond donors (Lipinski definition) is 5. The zero-order valence-electron chi connectivity index (χ0n) is 17.9. The number of H-pyrrole nitrogens is 1. The van der Waals surface area contributed by atoms with Gasteiger partial charge in [0.05, 0.1) is 24.9 Å². The summed E-state index contributed by atoms with van der Waals surface area (Å²) >= 11 is 0. The molecule has 0 spiro atoms. The minimum absolute atomic E-state index is 0.140. The lowest BCUT2D eigenvalue weighted by Crippen LogP contribution is -2.44. The van der Waals surface area contributed by atoms with Crippen LogP contribution in [0.15, 0.2) is 24.3 Å². The Morgan fingerprint density at radius 1 is 1.23 bits per heavy atom. The average Bonchev–Trinajstić information content (AvgIpc) is 3.22. The molecule has 2 unspecified atom stereocenters. The molecule has 1 fully saturated rings. The number of amides is 1. The minimum Gasteiger partial charge on any atom is -0.390 e. The summed E-state index contributed by atoms with van der Waals surface area (Å²) in [5, 5.41) is 27.0. The van der Waals surface area contributed by atoms with Crippen LogP contribution in [0.3, 0.4) is 0 Å². The van der Waals surface area contributed by atoms with Crippen molar-refractivity contribution >= 4 is 23.2 Å². The highest BCUT2D eigenvalue weighted by molar-refractivity contribution is 6.34. The number of fused-ring (bicyclic) bond motifs is 1. The first kappa shape index (κ1) is 21.7. The van der Waals surface area contributed by atoms with E-state index in [2.05, 4.69) is 20.5 Å². The van der Waals surface area contributed by atoms with Crippen molar-refractivity contribution in [1.29, 1.82) is 0 Å². The van der Waals surface area contributed by atoms with Crippen molar-refractivity contribution in [2.24, 2.45) is 0 Å². The maximum atomic E-state index is 12.4. The molecule has 8 heteroatoms. The summed E-state index contributed by atoms with van der Waals surface area (Å²) in [4.78, 5) is 17.9. The summed E-state index contributed by atoms with van der Waals surface area (Å²) in [5.41, 5.74) is 5.46. The van der Waals surface area contributed by atoms with Crippen LogP contribution in [0.5, 0.6) is 0 Å². The Morgan fingerprint density at radius 3 is 2.74 bits per heavy atom. The second kappa shape index (κ2) is 9.33. The van der Waals surface area contributed by atoms with Gasteiger partial charge in [-0.15, -0.1) is 0 Å². The Balaban J connectivity index is 1.45. The Morgan fingerprint density at radius 2 is 1.97 bits per heavy atom. The van der Waals surface area contributed by atoms with E-state index in [1.807, 2.05) is 44.2 Å². The number of aromatic amines is 1. The van der Waals surface area contributed by atoms with Gasteiger partial charge in [-0.1, -0.05) is 18.2 Å². The van der Waals surface area contributed by atoms with E-state index in [0.29, 0.717) is 25.3 Å². The molecule has 31 heavy (non-hydrogen) atoms. The van der Waals surface area contributed by atoms with E-state index < -0.39 is 12.3 Å². The molecule has 1 saturated heterocycles. The fraction of sp³-hybridized carbons (Fsp3) is 0.435. The number of para-hydroxylation sites is 1. The predicted molar refractivity (Wildman–Crippen MR) is 119 cm³/mol. The van der Waals surface area contributed by atoms with E-state index in [-0.39, 0.29) is 12.5 Å². The number of aliphatic hydroxyl groups is 2. The number of aliphatic hydroxyl groups excluding tert-OH is 2. The number of benzene rings is 1. The maximum absolute atomic E-state index is 12.4. The molecule has 4 rings (SSSR count). The quantitative estimate of drug-likeness (QED) is 0.338. The highest BCUT2D eigenvalue weighted by Gasteiger charge is 2.25. The van der Waals surface area contributed by atoms with Gasteiger partial charge in [-0.3, -0.25) is 15.0 Å². The third kappa shape index (κ3) is 4.73. The molecule has 2 aliphatic heterocycles. The van der Waals surface area contributed by atoms with E-state index in [0.717, 1.165) is 46.9 Å². The van der Waals surface area contributed by atoms with E-state index in [9.17, 15) is 15.0 Å². The highest BCUT2D eigenvalue weighted by Crippen LogP contribution is 2.34. The van der Waals surface area contributed by atoms with Gasteiger partial charge in [0.2, 0.25) is 0 Å². The highest BCUT2D eigenvalue weighted by atomic mass is 16.5. The Kier molecular flexibility index (Phi) is 6.54. The summed E-state index contributed by atoms with van der Waals surface area (Å²) in [6, 6.07) is 7.58. The summed E-state index contributed by atoms with van der Waals surface area (Å²) in [5.74, 6) is -0.140. The lowest BCUT2D eigenvalue weighted by atomic mass is 10.0. The lowest BCUT2D eigenvalue weighted by molar-refractivity contribution is -0.110. The van der Waals surface area contributed by atoms with Crippen LogP contribution in [0.1, 0.15) is 34.3 Å². The summed E-state index contributed by atoms with van der Waals surface area (Å²) in [6.07, 6.45) is 0.313. The number of hydrogen-bond acceptors (Lipinski definition) is 6. The molecular weight excluding hydrogens is 396 g/mol. The second-order valence-corrected chi connectivity index (χ2v) is 8.14. The van der Waals surface area contributed by atoms with Gasteiger partial charge in [0.15, 0.2) is 0 Å². The predicted octanol–water partition coefficient (Wildman–Crippen LogP) is 1.40. The standard InChI is InChI=1S/C23H30N4O4/c1-14-20(11-18-17-5-3-4-6-19(17)26-22(18)29)25-15(2)21(14)23(30)24-12-16(28)13-27-7-9-31-10-8-27/h3-6,11,16,23-25,28,30H,7-10,12-13H2,1-2H3,(H,26,29)/b18-11-. The number of nitrogens with one attached hydrogen (secondary N) is 3. The molecule has 0 radical (unpaired) electrons. The molecule has 1 amide bonds. The van der Waals surface area contributed by atoms with Gasteiger partial charge in [-0.2, -0.15) is 0 Å². The van der Waals surface area contributed by atoms with Gasteiger partial charge in [-0.05, 0) is 31.6 Å². The molecule has 3 heterocycles. The van der Waals surface area contributed by atoms with Crippen molar-refractivity contribution in [2.45, 2.75) is 26.2 Å². The molecular formula is C23H30N4O4. The molecule has 2 atom stereocenters. The number of aryl methyl sites for hydroxylation is 1. The first-order valence-corrected chi connectivity index (χ1v) is 10.6. The van der Waals surface area contributed by atoms with Gasteiger partial charge in [-0.25, -0.2) is 0 Å². The Labute approximate surface area is 181 Å². The molecule has 0 saturated carbocycles. The first-order chi connectivity index (χ1) is 14.9. The zero-order chi connectivity index (χ0) is 22.0. The summed E-state index contributed by atoms with van der Waals surface area (Å²) in [7, 11) is 0. The van der Waals surface area contributed by atoms with Gasteiger partial charge < -0.3 is 25.3 Å². The molecule has 166 valence electrons. The number of anilines is 1. The van der Waals surface area contributed by atoms with E-state index >= 15 is 0 Å². The number of nitrogens with zero attached hydrogens (tertiary/aromatic N) is 1. The van der Waals surface area contributed by atoms with Crippen molar-refractivity contribution in [3.8, 4) is 0 Å². The maximum Gasteiger partial charge on any atom is 0.256 e. The van der Waals surface area contributed by atoms with Crippen LogP contribution in [0.25, 0.3) is 11.6 Å². The third-order valence-corrected chi connectivity index (χ3v) is 5.93. The zero-order valence-corrected chi connectivity index (χ0v) is 17.9. The van der Waals surface area contributed by atoms with Crippen molar-refractivity contribution in [1.82, 2.24) is 15.2 Å². The number of morpholine rings is 1. The summed E-state index contributed by atoms with van der Waals surface area (Å²) < 4.78 is 5.33. The third-order valence-electron chi connectivity index (χ3n) is 5.93. The fourth-order valence-corrected chi connectivity index (χ4v) is 4.27. The monoisotopic (exact) mass is 426 g/mol. The first-order valence-electron chi connectivity index (χ1n) is 10.6. The van der Waals surface area contributed by atoms with Crippen LogP contribution in [-0.2, 0) is 9.53 Å². The lowest BCUT2D eigenvalue weighted by Gasteiger charge is -2.29. The van der Waals surface area contributed by atoms with Crippen LogP contribution < -0.4 is 10.6 Å². The number of β-amino-alcohol motifs (C(OH)–C–C–N with tert-alkyl or cyclic N) is 1. The van der Waals surface area contributed by atoms with Crippen LogP contribution >= 0.6 is 0 Å². The minimum atomic E-state index is -0.924. The summed E-state index contributed by atoms with van der Waals surface area (Å²) in [6.45, 7) is 7.61. The number of carbonyl (C=O) groups excluding carboxylic acids is 1. The average molecular weight is 427 g/mol. The van der Waals surface area contributed by atoms with Gasteiger partial charge >= 0.3 is 0 Å². The molecule has 1 aromatic heterocycles. The Bertz CT molecular complexity index is 978. The van der Waals surface area contributed by atoms with Crippen LogP contribution in [0, 0.1) is 13.8 Å². The number of carbonyl (C=O) groups is 1. The molecule has 1 aromatic carbocycles. The SMILES string of the molecule is Cc1[nH]c(/C=C2\C(=O)Nc3ccccc32)c(C)c1C(O)NCC(O)CN1CCOCC1. The molecule has 0 bridgehead atoms. The van der Waals surface area contributed by atoms with Crippen LogP contribution in [0.2, 0.25) is 0 Å². The molecule has 2 aliphatic rings. The largest absolute Gasteiger partial charge is 0.390 e. The van der Waals surface area contributed by atoms with Gasteiger partial charge in [0.25, 0.3) is 5.91 Å². The molecule has 2 aromatic rings. The van der Waals surface area contributed by atoms with Gasteiger partial charge in [0.1, 0.15) is 6.23 Å². The normalized spacial score (nSPS) is 20.0. The molecule has 5 N–H and O–H groups in total. The van der Waals surface area contributed by atoms with Crippen molar-refractivity contribution in [3.63, 3.8) is 0 Å². The van der Waals surface area contributed by atoms with Crippen molar-refractivity contribution < 1.29 is 19.7 Å². The number of rotatable bonds is 7. The van der Waals surface area contributed by atoms with E-state index in [1.165, 1.54) is 0 Å². The van der Waals surface area contributed by atoms with E-state index in [4.69, 9.17) is 4.74 Å². The Hall–Kier alpha value is -2.49. The number of aromatic nitrogens is 1. The molecule has 8 nitrogen and oxygen atoms in total. The van der Waals surface area contributed by atoms with Gasteiger partial charge in [0, 0.05) is 54.4 Å². The smallest absolute Gasteiger partial charge is 0.256 e. The van der Waals surface area contributed by atoms with Crippen molar-refractivity contribution in [2.75, 3.05) is 44.7 Å². The van der Waals surface area contributed by atoms with Crippen LogP contribution in [0.4, 0.5) is 5.69 Å². The second-order valence-electron chi connectivity index (χ2n) is 8.14. The van der Waals surface area contributed by atoms with Crippen LogP contribution in [-0.4, -0.2) is 71.5 Å². The fourth-order valence-electron chi connectivity index (χ4n) is 4.27. The van der Waals surface area contributed by atoms with Crippen molar-refractivity contribution in [3.05, 3.63) is 52.3 Å². The number of ether oxygens (including phenoxy) is 1. The topological polar surface area (TPSA) is 110 Å².